The highest BCUT2D eigenvalue weighted by atomic mass is 16.5. The predicted molar refractivity (Wildman–Crippen MR) is 69.4 cm³/mol. The molecule has 0 unspecified atom stereocenters. The fourth-order valence-electron chi connectivity index (χ4n) is 1.86. The molecule has 1 N–H and O–H groups in total. The van der Waals surface area contributed by atoms with Gasteiger partial charge >= 0.3 is 0 Å². The van der Waals surface area contributed by atoms with Crippen molar-refractivity contribution in [2.45, 2.75) is 47.2 Å². The maximum absolute atomic E-state index is 5.55. The van der Waals surface area contributed by atoms with E-state index in [-0.39, 0.29) is 6.04 Å². The van der Waals surface area contributed by atoms with Gasteiger partial charge in [0, 0.05) is 0 Å². The molecule has 0 aliphatic rings. The second-order valence-electron chi connectivity index (χ2n) is 5.03. The molecule has 2 aromatic heterocycles. The van der Waals surface area contributed by atoms with Gasteiger partial charge in [0.15, 0.2) is 5.82 Å². The van der Waals surface area contributed by atoms with Gasteiger partial charge in [0.1, 0.15) is 5.76 Å². The molecular formula is C13H20N4O2. The van der Waals surface area contributed by atoms with Crippen molar-refractivity contribution in [3.8, 4) is 0 Å². The van der Waals surface area contributed by atoms with Crippen LogP contribution in [0.4, 0.5) is 0 Å². The number of nitrogens with zero attached hydrogens (tertiary/aromatic N) is 3. The SMILES string of the molecule is Cc1noc([C@@H](NCc2nc(C)c(C)o2)C(C)C)n1. The van der Waals surface area contributed by atoms with Crippen molar-refractivity contribution >= 4 is 0 Å². The monoisotopic (exact) mass is 264 g/mol. The van der Waals surface area contributed by atoms with Gasteiger partial charge in [0.2, 0.25) is 11.8 Å². The third-order valence-electron chi connectivity index (χ3n) is 3.02. The van der Waals surface area contributed by atoms with Crippen LogP contribution in [0.25, 0.3) is 0 Å². The molecule has 6 heteroatoms. The number of hydrogen-bond donors (Lipinski definition) is 1. The van der Waals surface area contributed by atoms with Crippen LogP contribution in [0.1, 0.15) is 48.9 Å². The third kappa shape index (κ3) is 3.20. The Hall–Kier alpha value is -1.69. The van der Waals surface area contributed by atoms with Crippen molar-refractivity contribution in [3.63, 3.8) is 0 Å². The third-order valence-corrected chi connectivity index (χ3v) is 3.02. The van der Waals surface area contributed by atoms with E-state index in [1.807, 2.05) is 20.8 Å². The molecule has 2 heterocycles. The highest BCUT2D eigenvalue weighted by Crippen LogP contribution is 2.20. The molecule has 104 valence electrons. The molecule has 0 saturated heterocycles. The summed E-state index contributed by atoms with van der Waals surface area (Å²) in [4.78, 5) is 8.62. The Bertz CT molecular complexity index is 525. The summed E-state index contributed by atoms with van der Waals surface area (Å²) in [7, 11) is 0. The van der Waals surface area contributed by atoms with Crippen LogP contribution in [-0.2, 0) is 6.54 Å². The lowest BCUT2D eigenvalue weighted by atomic mass is 10.0. The molecular weight excluding hydrogens is 244 g/mol. The Balaban J connectivity index is 2.05. The molecule has 6 nitrogen and oxygen atoms in total. The number of aryl methyl sites for hydroxylation is 3. The fourth-order valence-corrected chi connectivity index (χ4v) is 1.86. The minimum Gasteiger partial charge on any atom is -0.444 e. The number of oxazole rings is 1. The van der Waals surface area contributed by atoms with Crippen LogP contribution in [0, 0.1) is 26.7 Å². The van der Waals surface area contributed by atoms with Crippen molar-refractivity contribution in [3.05, 3.63) is 29.1 Å². The van der Waals surface area contributed by atoms with E-state index in [4.69, 9.17) is 8.94 Å². The van der Waals surface area contributed by atoms with Crippen LogP contribution < -0.4 is 5.32 Å². The van der Waals surface area contributed by atoms with Crippen molar-refractivity contribution in [1.29, 1.82) is 0 Å². The molecule has 0 aromatic carbocycles. The Morgan fingerprint density at radius 1 is 1.16 bits per heavy atom. The van der Waals surface area contributed by atoms with E-state index in [9.17, 15) is 0 Å². The molecule has 0 bridgehead atoms. The first-order valence-corrected chi connectivity index (χ1v) is 6.44. The minimum atomic E-state index is -0.00582. The number of aromatic nitrogens is 3. The van der Waals surface area contributed by atoms with Gasteiger partial charge in [0.05, 0.1) is 18.3 Å². The van der Waals surface area contributed by atoms with E-state index in [2.05, 4.69) is 34.3 Å². The van der Waals surface area contributed by atoms with Crippen LogP contribution in [-0.4, -0.2) is 15.1 Å². The lowest BCUT2D eigenvalue weighted by molar-refractivity contribution is 0.279. The molecule has 0 fully saturated rings. The van der Waals surface area contributed by atoms with Gasteiger partial charge in [-0.25, -0.2) is 4.98 Å². The number of hydrogen-bond acceptors (Lipinski definition) is 6. The number of rotatable bonds is 5. The second kappa shape index (κ2) is 5.52. The summed E-state index contributed by atoms with van der Waals surface area (Å²) in [5.74, 6) is 3.11. The molecule has 1 atom stereocenters. The summed E-state index contributed by atoms with van der Waals surface area (Å²) < 4.78 is 10.8. The lowest BCUT2D eigenvalue weighted by Gasteiger charge is -2.17. The van der Waals surface area contributed by atoms with E-state index >= 15 is 0 Å². The van der Waals surface area contributed by atoms with Gasteiger partial charge in [-0.1, -0.05) is 19.0 Å². The molecule has 19 heavy (non-hydrogen) atoms. The van der Waals surface area contributed by atoms with E-state index in [1.165, 1.54) is 0 Å². The van der Waals surface area contributed by atoms with Crippen molar-refractivity contribution in [2.75, 3.05) is 0 Å². The Kier molecular flexibility index (Phi) is 3.99. The summed E-state index contributed by atoms with van der Waals surface area (Å²) in [6.45, 7) is 10.4. The summed E-state index contributed by atoms with van der Waals surface area (Å²) >= 11 is 0. The standard InChI is InChI=1S/C13H20N4O2/c1-7(2)12(13-16-10(5)17-19-13)14-6-11-15-8(3)9(4)18-11/h7,12,14H,6H2,1-5H3/t12-/m0/s1. The molecule has 0 saturated carbocycles. The quantitative estimate of drug-likeness (QED) is 0.894. The van der Waals surface area contributed by atoms with Crippen molar-refractivity contribution < 1.29 is 8.94 Å². The average molecular weight is 264 g/mol. The van der Waals surface area contributed by atoms with Crippen LogP contribution in [0.2, 0.25) is 0 Å². The minimum absolute atomic E-state index is 0.00582. The molecule has 0 spiro atoms. The van der Waals surface area contributed by atoms with Crippen LogP contribution in [0.15, 0.2) is 8.94 Å². The smallest absolute Gasteiger partial charge is 0.244 e. The molecule has 2 aromatic rings. The zero-order valence-electron chi connectivity index (χ0n) is 12.0. The first-order valence-electron chi connectivity index (χ1n) is 6.44. The highest BCUT2D eigenvalue weighted by molar-refractivity contribution is 5.05. The predicted octanol–water partition coefficient (Wildman–Crippen LogP) is 2.47. The van der Waals surface area contributed by atoms with Gasteiger partial charge in [-0.15, -0.1) is 0 Å². The first kappa shape index (κ1) is 13.7. The molecule has 0 aliphatic heterocycles. The number of nitrogens with one attached hydrogen (secondary N) is 1. The maximum Gasteiger partial charge on any atom is 0.244 e. The van der Waals surface area contributed by atoms with Crippen LogP contribution in [0.3, 0.4) is 0 Å². The summed E-state index contributed by atoms with van der Waals surface area (Å²) in [6, 6.07) is -0.00582. The van der Waals surface area contributed by atoms with Crippen LogP contribution >= 0.6 is 0 Å². The summed E-state index contributed by atoms with van der Waals surface area (Å²) in [6.07, 6.45) is 0. The highest BCUT2D eigenvalue weighted by Gasteiger charge is 2.22. The summed E-state index contributed by atoms with van der Waals surface area (Å²) in [5.41, 5.74) is 0.923. The fraction of sp³-hybridized carbons (Fsp3) is 0.615. The van der Waals surface area contributed by atoms with E-state index in [0.29, 0.717) is 30.1 Å². The largest absolute Gasteiger partial charge is 0.444 e. The van der Waals surface area contributed by atoms with Gasteiger partial charge in [-0.2, -0.15) is 4.98 Å². The van der Waals surface area contributed by atoms with Gasteiger partial charge < -0.3 is 8.94 Å². The Morgan fingerprint density at radius 3 is 2.37 bits per heavy atom. The van der Waals surface area contributed by atoms with Gasteiger partial charge in [-0.3, -0.25) is 5.32 Å². The Labute approximate surface area is 112 Å². The topological polar surface area (TPSA) is 77.0 Å². The molecule has 0 amide bonds. The second-order valence-corrected chi connectivity index (χ2v) is 5.03. The van der Waals surface area contributed by atoms with E-state index < -0.39 is 0 Å². The average Bonchev–Trinajstić information content (AvgIpc) is 2.87. The van der Waals surface area contributed by atoms with Gasteiger partial charge in [-0.05, 0) is 26.7 Å². The maximum atomic E-state index is 5.55. The molecule has 0 aliphatic carbocycles. The normalized spacial score (nSPS) is 13.2. The van der Waals surface area contributed by atoms with E-state index in [0.717, 1.165) is 11.5 Å². The lowest BCUT2D eigenvalue weighted by Crippen LogP contribution is -2.25. The zero-order chi connectivity index (χ0) is 14.0. The molecule has 2 rings (SSSR count). The first-order chi connectivity index (χ1) is 8.97. The zero-order valence-corrected chi connectivity index (χ0v) is 12.0. The van der Waals surface area contributed by atoms with Crippen LogP contribution in [0.5, 0.6) is 0 Å². The summed E-state index contributed by atoms with van der Waals surface area (Å²) in [5, 5.41) is 7.18. The van der Waals surface area contributed by atoms with Crippen molar-refractivity contribution in [1.82, 2.24) is 20.4 Å². The van der Waals surface area contributed by atoms with Gasteiger partial charge in [0.25, 0.3) is 0 Å². The van der Waals surface area contributed by atoms with Crippen molar-refractivity contribution in [2.24, 2.45) is 5.92 Å². The Morgan fingerprint density at radius 2 is 1.89 bits per heavy atom. The van der Waals surface area contributed by atoms with E-state index in [1.54, 1.807) is 0 Å². The molecule has 0 radical (unpaired) electrons.